The minimum atomic E-state index is 0.0496. The monoisotopic (exact) mass is 350 g/mol. The smallest absolute Gasteiger partial charge is 0.224 e. The fourth-order valence-corrected chi connectivity index (χ4v) is 3.11. The highest BCUT2D eigenvalue weighted by atomic mass is 16.1. The third kappa shape index (κ3) is 5.34. The molecule has 0 aromatic heterocycles. The number of hydrogen-bond acceptors (Lipinski definition) is 2. The van der Waals surface area contributed by atoms with Crippen molar-refractivity contribution in [2.45, 2.75) is 32.1 Å². The van der Waals surface area contributed by atoms with Gasteiger partial charge in [-0.15, -0.1) is 0 Å². The minimum absolute atomic E-state index is 0.0496. The molecule has 0 radical (unpaired) electrons. The molecule has 0 atom stereocenters. The molecule has 2 aromatic carbocycles. The fourth-order valence-electron chi connectivity index (χ4n) is 3.11. The molecule has 0 bridgehead atoms. The van der Waals surface area contributed by atoms with E-state index in [4.69, 9.17) is 5.41 Å². The Morgan fingerprint density at radius 1 is 0.923 bits per heavy atom. The van der Waals surface area contributed by atoms with Crippen LogP contribution in [0.2, 0.25) is 0 Å². The maximum absolute atomic E-state index is 12.0. The lowest BCUT2D eigenvalue weighted by atomic mass is 10.1. The molecule has 136 valence electrons. The second-order valence-corrected chi connectivity index (χ2v) is 6.63. The van der Waals surface area contributed by atoms with E-state index in [-0.39, 0.29) is 5.91 Å². The van der Waals surface area contributed by atoms with E-state index in [1.54, 1.807) is 0 Å². The summed E-state index contributed by atoms with van der Waals surface area (Å²) in [6.07, 6.45) is 4.53. The van der Waals surface area contributed by atoms with Crippen molar-refractivity contribution in [3.8, 4) is 0 Å². The summed E-state index contributed by atoms with van der Waals surface area (Å²) in [6.45, 7) is 1.93. The Hall–Kier alpha value is -2.82. The van der Waals surface area contributed by atoms with Crippen molar-refractivity contribution < 1.29 is 4.79 Å². The zero-order valence-corrected chi connectivity index (χ0v) is 15.0. The van der Waals surface area contributed by atoms with Crippen molar-refractivity contribution in [2.24, 2.45) is 0 Å². The summed E-state index contributed by atoms with van der Waals surface area (Å²) in [7, 11) is 0. The quantitative estimate of drug-likeness (QED) is 0.543. The van der Waals surface area contributed by atoms with Crippen LogP contribution in [0.4, 0.5) is 11.4 Å². The number of para-hydroxylation sites is 1. The van der Waals surface area contributed by atoms with E-state index in [1.807, 2.05) is 42.5 Å². The zero-order valence-electron chi connectivity index (χ0n) is 15.0. The SMILES string of the molecule is N=C(Nc1ccc(CCCC(=O)Nc2ccccc2)cc1)N1CCCC1. The third-order valence-electron chi connectivity index (χ3n) is 4.57. The van der Waals surface area contributed by atoms with Gasteiger partial charge in [-0.25, -0.2) is 0 Å². The number of carbonyl (C=O) groups excluding carboxylic acids is 1. The molecule has 1 amide bonds. The highest BCUT2D eigenvalue weighted by Crippen LogP contribution is 2.14. The molecule has 0 saturated carbocycles. The van der Waals surface area contributed by atoms with E-state index in [2.05, 4.69) is 27.7 Å². The second kappa shape index (κ2) is 9.04. The molecular weight excluding hydrogens is 324 g/mol. The molecule has 5 heteroatoms. The van der Waals surface area contributed by atoms with Crippen molar-refractivity contribution in [1.29, 1.82) is 5.41 Å². The van der Waals surface area contributed by atoms with Crippen molar-refractivity contribution in [2.75, 3.05) is 23.7 Å². The van der Waals surface area contributed by atoms with E-state index in [0.29, 0.717) is 12.4 Å². The lowest BCUT2D eigenvalue weighted by molar-refractivity contribution is -0.116. The van der Waals surface area contributed by atoms with Crippen molar-refractivity contribution in [3.05, 3.63) is 60.2 Å². The van der Waals surface area contributed by atoms with Gasteiger partial charge in [0.25, 0.3) is 0 Å². The molecule has 1 saturated heterocycles. The molecule has 3 N–H and O–H groups in total. The lowest BCUT2D eigenvalue weighted by Crippen LogP contribution is -2.32. The van der Waals surface area contributed by atoms with Gasteiger partial charge in [0.15, 0.2) is 5.96 Å². The van der Waals surface area contributed by atoms with Gasteiger partial charge in [-0.2, -0.15) is 0 Å². The highest BCUT2D eigenvalue weighted by molar-refractivity contribution is 5.91. The first-order valence-electron chi connectivity index (χ1n) is 9.25. The predicted molar refractivity (Wildman–Crippen MR) is 107 cm³/mol. The molecule has 3 rings (SSSR count). The number of likely N-dealkylation sites (tertiary alicyclic amines) is 1. The molecule has 0 aliphatic carbocycles. The van der Waals surface area contributed by atoms with Crippen LogP contribution in [0.15, 0.2) is 54.6 Å². The average molecular weight is 350 g/mol. The number of carbonyl (C=O) groups is 1. The summed E-state index contributed by atoms with van der Waals surface area (Å²) in [5.41, 5.74) is 2.98. The van der Waals surface area contributed by atoms with Crippen molar-refractivity contribution in [3.63, 3.8) is 0 Å². The Morgan fingerprint density at radius 2 is 1.58 bits per heavy atom. The van der Waals surface area contributed by atoms with Crippen LogP contribution in [0.3, 0.4) is 0 Å². The number of aryl methyl sites for hydroxylation is 1. The first kappa shape index (κ1) is 18.0. The maximum Gasteiger partial charge on any atom is 0.224 e. The van der Waals surface area contributed by atoms with Crippen LogP contribution in [0, 0.1) is 5.41 Å². The van der Waals surface area contributed by atoms with Gasteiger partial charge in [-0.3, -0.25) is 10.2 Å². The summed E-state index contributed by atoms with van der Waals surface area (Å²) >= 11 is 0. The van der Waals surface area contributed by atoms with E-state index in [0.717, 1.165) is 37.3 Å². The molecule has 1 aliphatic rings. The summed E-state index contributed by atoms with van der Waals surface area (Å²) in [6, 6.07) is 17.7. The van der Waals surface area contributed by atoms with Crippen LogP contribution in [-0.4, -0.2) is 29.9 Å². The molecule has 2 aromatic rings. The maximum atomic E-state index is 12.0. The first-order chi connectivity index (χ1) is 12.7. The Bertz CT molecular complexity index is 721. The molecule has 1 heterocycles. The summed E-state index contributed by atoms with van der Waals surface area (Å²) in [5, 5.41) is 14.2. The molecule has 1 aliphatic heterocycles. The molecule has 0 unspecified atom stereocenters. The van der Waals surface area contributed by atoms with Crippen LogP contribution in [0.1, 0.15) is 31.2 Å². The number of hydrogen-bond donors (Lipinski definition) is 3. The van der Waals surface area contributed by atoms with Gasteiger partial charge in [-0.1, -0.05) is 30.3 Å². The Balaban J connectivity index is 1.40. The molecule has 0 spiro atoms. The fraction of sp³-hybridized carbons (Fsp3) is 0.333. The number of nitrogens with zero attached hydrogens (tertiary/aromatic N) is 1. The molecule has 26 heavy (non-hydrogen) atoms. The number of anilines is 2. The topological polar surface area (TPSA) is 68.2 Å². The summed E-state index contributed by atoms with van der Waals surface area (Å²) in [4.78, 5) is 14.0. The van der Waals surface area contributed by atoms with Crippen LogP contribution in [0.25, 0.3) is 0 Å². The van der Waals surface area contributed by atoms with Crippen LogP contribution in [0.5, 0.6) is 0 Å². The normalized spacial score (nSPS) is 13.5. The van der Waals surface area contributed by atoms with E-state index in [9.17, 15) is 4.79 Å². The molecular formula is C21H26N4O. The molecule has 1 fully saturated rings. The van der Waals surface area contributed by atoms with Gasteiger partial charge in [0.2, 0.25) is 5.91 Å². The van der Waals surface area contributed by atoms with Gasteiger partial charge < -0.3 is 15.5 Å². The molecule has 5 nitrogen and oxygen atoms in total. The average Bonchev–Trinajstić information content (AvgIpc) is 3.19. The number of nitrogens with one attached hydrogen (secondary N) is 3. The van der Waals surface area contributed by atoms with Gasteiger partial charge in [-0.05, 0) is 55.5 Å². The standard InChI is InChI=1S/C21H26N4O/c22-21(25-15-4-5-16-25)24-19-13-11-17(12-14-19)7-6-10-20(26)23-18-8-2-1-3-9-18/h1-3,8-9,11-14H,4-7,10,15-16H2,(H2,22,24)(H,23,26). The number of rotatable bonds is 6. The zero-order chi connectivity index (χ0) is 18.2. The largest absolute Gasteiger partial charge is 0.343 e. The highest BCUT2D eigenvalue weighted by Gasteiger charge is 2.14. The van der Waals surface area contributed by atoms with E-state index >= 15 is 0 Å². The summed E-state index contributed by atoms with van der Waals surface area (Å²) in [5.74, 6) is 0.529. The van der Waals surface area contributed by atoms with Crippen molar-refractivity contribution >= 4 is 23.2 Å². The Kier molecular flexibility index (Phi) is 6.25. The van der Waals surface area contributed by atoms with E-state index in [1.165, 1.54) is 18.4 Å². The summed E-state index contributed by atoms with van der Waals surface area (Å²) < 4.78 is 0. The number of amides is 1. The Labute approximate surface area is 154 Å². The van der Waals surface area contributed by atoms with Crippen molar-refractivity contribution in [1.82, 2.24) is 4.90 Å². The number of guanidine groups is 1. The van der Waals surface area contributed by atoms with Crippen LogP contribution < -0.4 is 10.6 Å². The van der Waals surface area contributed by atoms with Crippen LogP contribution in [-0.2, 0) is 11.2 Å². The Morgan fingerprint density at radius 3 is 2.27 bits per heavy atom. The first-order valence-corrected chi connectivity index (χ1v) is 9.25. The van der Waals surface area contributed by atoms with Gasteiger partial charge >= 0.3 is 0 Å². The lowest BCUT2D eigenvalue weighted by Gasteiger charge is -2.19. The second-order valence-electron chi connectivity index (χ2n) is 6.63. The third-order valence-corrected chi connectivity index (χ3v) is 4.57. The van der Waals surface area contributed by atoms with E-state index < -0.39 is 0 Å². The minimum Gasteiger partial charge on any atom is -0.343 e. The van der Waals surface area contributed by atoms with Gasteiger partial charge in [0.1, 0.15) is 0 Å². The van der Waals surface area contributed by atoms with Gasteiger partial charge in [0.05, 0.1) is 0 Å². The van der Waals surface area contributed by atoms with Gasteiger partial charge in [0, 0.05) is 30.9 Å². The van der Waals surface area contributed by atoms with Crippen LogP contribution >= 0.6 is 0 Å². The number of benzene rings is 2. The predicted octanol–water partition coefficient (Wildman–Crippen LogP) is 4.09.